The minimum Gasteiger partial charge on any atom is -0.302 e. The van der Waals surface area contributed by atoms with Crippen LogP contribution < -0.4 is 0 Å². The Morgan fingerprint density at radius 2 is 1.57 bits per heavy atom. The van der Waals surface area contributed by atoms with Gasteiger partial charge in [0, 0.05) is 5.75 Å². The number of hydrogen-bond acceptors (Lipinski definition) is 2. The molecule has 3 aromatic carbocycles. The van der Waals surface area contributed by atoms with Gasteiger partial charge in [-0.1, -0.05) is 66.7 Å². The first-order valence-corrected chi connectivity index (χ1v) is 8.01. The van der Waals surface area contributed by atoms with E-state index in [1.807, 2.05) is 30.3 Å². The van der Waals surface area contributed by atoms with E-state index in [9.17, 15) is 4.79 Å². The van der Waals surface area contributed by atoms with Crippen LogP contribution in [0.25, 0.3) is 10.8 Å². The standard InChI is InChI=1S/C19H16OS/c20-13-19(21-14-15-6-2-1-3-7-15)18-11-10-16-8-4-5-9-17(16)12-18/h1-13,19H,14H2. The Balaban J connectivity index is 1.79. The third-order valence-electron chi connectivity index (χ3n) is 3.50. The molecule has 1 atom stereocenters. The maximum absolute atomic E-state index is 11.4. The SMILES string of the molecule is O=CC(SCc1ccccc1)c1ccc2ccccc2c1. The van der Waals surface area contributed by atoms with Crippen molar-refractivity contribution in [2.45, 2.75) is 11.0 Å². The minimum absolute atomic E-state index is 0.116. The largest absolute Gasteiger partial charge is 0.302 e. The molecule has 3 aromatic rings. The Kier molecular flexibility index (Phi) is 4.37. The Labute approximate surface area is 129 Å². The van der Waals surface area contributed by atoms with Gasteiger partial charge in [0.1, 0.15) is 6.29 Å². The van der Waals surface area contributed by atoms with E-state index in [0.29, 0.717) is 0 Å². The van der Waals surface area contributed by atoms with Crippen LogP contribution in [0.1, 0.15) is 16.4 Å². The molecule has 0 fully saturated rings. The highest BCUT2D eigenvalue weighted by molar-refractivity contribution is 7.99. The van der Waals surface area contributed by atoms with E-state index in [2.05, 4.69) is 42.5 Å². The molecule has 0 saturated heterocycles. The van der Waals surface area contributed by atoms with Gasteiger partial charge in [-0.05, 0) is 28.0 Å². The highest BCUT2D eigenvalue weighted by atomic mass is 32.2. The average Bonchev–Trinajstić information content (AvgIpc) is 2.56. The minimum atomic E-state index is -0.116. The van der Waals surface area contributed by atoms with Gasteiger partial charge in [-0.15, -0.1) is 11.8 Å². The van der Waals surface area contributed by atoms with E-state index >= 15 is 0 Å². The molecule has 0 aliphatic heterocycles. The molecule has 2 heteroatoms. The number of fused-ring (bicyclic) bond motifs is 1. The van der Waals surface area contributed by atoms with E-state index in [1.54, 1.807) is 11.8 Å². The van der Waals surface area contributed by atoms with Crippen molar-refractivity contribution in [3.63, 3.8) is 0 Å². The second kappa shape index (κ2) is 6.59. The number of hydrogen-bond donors (Lipinski definition) is 0. The number of benzene rings is 3. The van der Waals surface area contributed by atoms with Crippen molar-refractivity contribution in [2.24, 2.45) is 0 Å². The van der Waals surface area contributed by atoms with Crippen LogP contribution in [0.4, 0.5) is 0 Å². The van der Waals surface area contributed by atoms with Crippen LogP contribution in [0.2, 0.25) is 0 Å². The van der Waals surface area contributed by atoms with E-state index in [4.69, 9.17) is 0 Å². The molecular weight excluding hydrogens is 276 g/mol. The summed E-state index contributed by atoms with van der Waals surface area (Å²) in [5, 5.41) is 2.27. The lowest BCUT2D eigenvalue weighted by Crippen LogP contribution is -1.96. The zero-order chi connectivity index (χ0) is 14.5. The molecule has 21 heavy (non-hydrogen) atoms. The fourth-order valence-electron chi connectivity index (χ4n) is 2.36. The molecule has 0 aromatic heterocycles. The van der Waals surface area contributed by atoms with Gasteiger partial charge in [0.25, 0.3) is 0 Å². The summed E-state index contributed by atoms with van der Waals surface area (Å²) in [4.78, 5) is 11.4. The monoisotopic (exact) mass is 292 g/mol. The van der Waals surface area contributed by atoms with E-state index in [-0.39, 0.29) is 5.25 Å². The normalized spacial score (nSPS) is 12.2. The van der Waals surface area contributed by atoms with Crippen molar-refractivity contribution in [3.8, 4) is 0 Å². The second-order valence-electron chi connectivity index (χ2n) is 4.96. The molecule has 0 aliphatic carbocycles. The quantitative estimate of drug-likeness (QED) is 0.615. The van der Waals surface area contributed by atoms with Crippen LogP contribution in [-0.4, -0.2) is 6.29 Å². The van der Waals surface area contributed by atoms with E-state index < -0.39 is 0 Å². The first kappa shape index (κ1) is 13.9. The summed E-state index contributed by atoms with van der Waals surface area (Å²) in [6, 6.07) is 24.7. The van der Waals surface area contributed by atoms with Crippen molar-refractivity contribution < 1.29 is 4.79 Å². The van der Waals surface area contributed by atoms with Crippen LogP contribution >= 0.6 is 11.8 Å². The average molecular weight is 292 g/mol. The maximum Gasteiger partial charge on any atom is 0.137 e. The summed E-state index contributed by atoms with van der Waals surface area (Å²) < 4.78 is 0. The summed E-state index contributed by atoms with van der Waals surface area (Å²) in [6.45, 7) is 0. The first-order valence-electron chi connectivity index (χ1n) is 6.96. The zero-order valence-corrected chi connectivity index (χ0v) is 12.4. The molecule has 0 heterocycles. The number of aldehydes is 1. The molecule has 1 unspecified atom stereocenters. The fraction of sp³-hybridized carbons (Fsp3) is 0.105. The lowest BCUT2D eigenvalue weighted by molar-refractivity contribution is -0.107. The van der Waals surface area contributed by atoms with Crippen LogP contribution in [0.3, 0.4) is 0 Å². The van der Waals surface area contributed by atoms with Gasteiger partial charge in [-0.3, -0.25) is 0 Å². The van der Waals surface area contributed by atoms with Gasteiger partial charge in [-0.2, -0.15) is 0 Å². The molecule has 1 nitrogen and oxygen atoms in total. The maximum atomic E-state index is 11.4. The summed E-state index contributed by atoms with van der Waals surface area (Å²) in [7, 11) is 0. The zero-order valence-electron chi connectivity index (χ0n) is 11.6. The number of rotatable bonds is 5. The number of carbonyl (C=O) groups excluding carboxylic acids is 1. The molecule has 0 amide bonds. The Hall–Kier alpha value is -2.06. The van der Waals surface area contributed by atoms with Gasteiger partial charge < -0.3 is 4.79 Å². The van der Waals surface area contributed by atoms with Crippen molar-refractivity contribution in [1.82, 2.24) is 0 Å². The van der Waals surface area contributed by atoms with Crippen LogP contribution in [0, 0.1) is 0 Å². The third kappa shape index (κ3) is 3.34. The number of carbonyl (C=O) groups is 1. The van der Waals surface area contributed by atoms with E-state index in [1.165, 1.54) is 16.3 Å². The van der Waals surface area contributed by atoms with Crippen molar-refractivity contribution in [1.29, 1.82) is 0 Å². The predicted octanol–water partition coefficient (Wildman–Crippen LogP) is 5.01. The summed E-state index contributed by atoms with van der Waals surface area (Å²) in [6.07, 6.45) is 1.04. The molecule has 0 aliphatic rings. The predicted molar refractivity (Wildman–Crippen MR) is 90.5 cm³/mol. The lowest BCUT2D eigenvalue weighted by atomic mass is 10.1. The fourth-order valence-corrected chi connectivity index (χ4v) is 3.34. The van der Waals surface area contributed by atoms with Gasteiger partial charge in [0.15, 0.2) is 0 Å². The van der Waals surface area contributed by atoms with Gasteiger partial charge >= 0.3 is 0 Å². The smallest absolute Gasteiger partial charge is 0.137 e. The third-order valence-corrected chi connectivity index (χ3v) is 4.74. The van der Waals surface area contributed by atoms with Crippen LogP contribution in [-0.2, 0) is 10.5 Å². The Bertz CT molecular complexity index is 737. The summed E-state index contributed by atoms with van der Waals surface area (Å²) >= 11 is 1.67. The Morgan fingerprint density at radius 1 is 0.857 bits per heavy atom. The second-order valence-corrected chi connectivity index (χ2v) is 6.09. The molecule has 0 N–H and O–H groups in total. The van der Waals surface area contributed by atoms with Crippen molar-refractivity contribution in [2.75, 3.05) is 0 Å². The molecule has 0 saturated carbocycles. The topological polar surface area (TPSA) is 17.1 Å². The highest BCUT2D eigenvalue weighted by Gasteiger charge is 2.11. The van der Waals surface area contributed by atoms with Crippen LogP contribution in [0.5, 0.6) is 0 Å². The molecule has 3 rings (SSSR count). The van der Waals surface area contributed by atoms with Crippen LogP contribution in [0.15, 0.2) is 72.8 Å². The number of thioether (sulfide) groups is 1. The van der Waals surface area contributed by atoms with E-state index in [0.717, 1.165) is 17.6 Å². The Morgan fingerprint density at radius 3 is 2.33 bits per heavy atom. The van der Waals surface area contributed by atoms with Crippen molar-refractivity contribution >= 4 is 28.8 Å². The lowest BCUT2D eigenvalue weighted by Gasteiger charge is -2.11. The molecule has 104 valence electrons. The highest BCUT2D eigenvalue weighted by Crippen LogP contribution is 2.31. The molecule has 0 bridgehead atoms. The molecule has 0 spiro atoms. The summed E-state index contributed by atoms with van der Waals surface area (Å²) in [5.41, 5.74) is 2.32. The van der Waals surface area contributed by atoms with Gasteiger partial charge in [-0.25, -0.2) is 0 Å². The molecule has 0 radical (unpaired) electrons. The first-order chi connectivity index (χ1) is 10.4. The van der Waals surface area contributed by atoms with Gasteiger partial charge in [0.2, 0.25) is 0 Å². The van der Waals surface area contributed by atoms with Crippen molar-refractivity contribution in [3.05, 3.63) is 83.9 Å². The summed E-state index contributed by atoms with van der Waals surface area (Å²) in [5.74, 6) is 0.844. The van der Waals surface area contributed by atoms with Gasteiger partial charge in [0.05, 0.1) is 5.25 Å². The molecular formula is C19H16OS.